The predicted octanol–water partition coefficient (Wildman–Crippen LogP) is 1.76. The first kappa shape index (κ1) is 20.5. The van der Waals surface area contributed by atoms with Gasteiger partial charge in [0.25, 0.3) is 0 Å². The highest BCUT2D eigenvalue weighted by Crippen LogP contribution is 2.27. The highest BCUT2D eigenvalue weighted by atomic mass is 127. The van der Waals surface area contributed by atoms with E-state index >= 15 is 0 Å². The minimum atomic E-state index is -0.599. The molecule has 0 bridgehead atoms. The summed E-state index contributed by atoms with van der Waals surface area (Å²) >= 11 is 0. The lowest BCUT2D eigenvalue weighted by Crippen LogP contribution is -2.51. The summed E-state index contributed by atoms with van der Waals surface area (Å²) in [6.07, 6.45) is 6.72. The maximum absolute atomic E-state index is 11.6. The second-order valence-electron chi connectivity index (χ2n) is 6.47. The Morgan fingerprint density at radius 1 is 1.30 bits per heavy atom. The first-order valence-electron chi connectivity index (χ1n) is 8.34. The Bertz CT molecular complexity index is 403. The number of guanidine groups is 1. The van der Waals surface area contributed by atoms with Crippen LogP contribution < -0.4 is 5.32 Å². The third kappa shape index (κ3) is 5.77. The molecule has 0 atom stereocenters. The van der Waals surface area contributed by atoms with Crippen molar-refractivity contribution < 1.29 is 14.6 Å². The summed E-state index contributed by atoms with van der Waals surface area (Å²) in [4.78, 5) is 18.0. The lowest BCUT2D eigenvalue weighted by molar-refractivity contribution is -0.146. The zero-order chi connectivity index (χ0) is 16.0. The smallest absolute Gasteiger partial charge is 0.308 e. The van der Waals surface area contributed by atoms with Crippen LogP contribution in [-0.4, -0.2) is 61.3 Å². The molecule has 7 heteroatoms. The second kappa shape index (κ2) is 9.66. The van der Waals surface area contributed by atoms with Gasteiger partial charge in [-0.05, 0) is 25.7 Å². The number of halogens is 1. The van der Waals surface area contributed by atoms with Crippen molar-refractivity contribution in [1.82, 2.24) is 10.2 Å². The van der Waals surface area contributed by atoms with Crippen LogP contribution in [-0.2, 0) is 9.53 Å². The lowest BCUT2D eigenvalue weighted by Gasteiger charge is -2.36. The van der Waals surface area contributed by atoms with Gasteiger partial charge in [0.15, 0.2) is 5.96 Å². The molecule has 0 aromatic heterocycles. The average molecular weight is 439 g/mol. The van der Waals surface area contributed by atoms with Crippen LogP contribution in [0.3, 0.4) is 0 Å². The maximum Gasteiger partial charge on any atom is 0.308 e. The van der Waals surface area contributed by atoms with Crippen molar-refractivity contribution in [2.75, 3.05) is 33.8 Å². The fourth-order valence-electron chi connectivity index (χ4n) is 3.46. The number of hydrogen-bond donors (Lipinski definition) is 2. The number of piperidine rings is 1. The molecule has 1 aliphatic heterocycles. The summed E-state index contributed by atoms with van der Waals surface area (Å²) in [6.45, 7) is 2.13. The number of nitrogens with zero attached hydrogens (tertiary/aromatic N) is 2. The Kier molecular flexibility index (Phi) is 8.60. The predicted molar refractivity (Wildman–Crippen MR) is 101 cm³/mol. The van der Waals surface area contributed by atoms with E-state index in [4.69, 9.17) is 4.74 Å². The fourth-order valence-corrected chi connectivity index (χ4v) is 3.46. The minimum Gasteiger partial charge on any atom is -0.469 e. The number of carbonyl (C=O) groups is 1. The number of aliphatic imine (C=N–C) groups is 1. The van der Waals surface area contributed by atoms with Crippen LogP contribution in [0.25, 0.3) is 0 Å². The molecule has 2 N–H and O–H groups in total. The number of aliphatic hydroxyl groups is 1. The number of esters is 1. The van der Waals surface area contributed by atoms with Crippen LogP contribution in [0.2, 0.25) is 0 Å². The second-order valence-corrected chi connectivity index (χ2v) is 6.47. The quantitative estimate of drug-likeness (QED) is 0.304. The normalized spacial score (nSPS) is 22.2. The Morgan fingerprint density at radius 2 is 1.91 bits per heavy atom. The van der Waals surface area contributed by atoms with Crippen molar-refractivity contribution in [3.63, 3.8) is 0 Å². The molecule has 0 aromatic rings. The van der Waals surface area contributed by atoms with Crippen LogP contribution in [0.1, 0.15) is 44.9 Å². The Labute approximate surface area is 156 Å². The SMILES string of the molecule is CN=C(NCC1(O)CCCCC1)N1CCC(C(=O)OC)CC1.I. The van der Waals surface area contributed by atoms with Crippen LogP contribution in [0.15, 0.2) is 4.99 Å². The van der Waals surface area contributed by atoms with Gasteiger partial charge >= 0.3 is 5.97 Å². The number of hydrogen-bond acceptors (Lipinski definition) is 4. The Balaban J connectivity index is 0.00000264. The molecule has 0 aromatic carbocycles. The molecule has 0 spiro atoms. The van der Waals surface area contributed by atoms with Crippen molar-refractivity contribution in [2.24, 2.45) is 10.9 Å². The minimum absolute atomic E-state index is 0. The largest absolute Gasteiger partial charge is 0.469 e. The number of ether oxygens (including phenoxy) is 1. The third-order valence-electron chi connectivity index (χ3n) is 4.90. The van der Waals surface area contributed by atoms with Gasteiger partial charge in [-0.1, -0.05) is 19.3 Å². The molecule has 1 aliphatic carbocycles. The standard InChI is InChI=1S/C16H29N3O3.HI/c1-17-15(18-12-16(21)8-4-3-5-9-16)19-10-6-13(7-11-19)14(20)22-2;/h13,21H,3-12H2,1-2H3,(H,17,18);1H. The van der Waals surface area contributed by atoms with E-state index in [2.05, 4.69) is 15.2 Å². The van der Waals surface area contributed by atoms with Gasteiger partial charge in [0.1, 0.15) is 0 Å². The Morgan fingerprint density at radius 3 is 2.43 bits per heavy atom. The van der Waals surface area contributed by atoms with Gasteiger partial charge < -0.3 is 20.1 Å². The van der Waals surface area contributed by atoms with E-state index in [1.165, 1.54) is 13.5 Å². The van der Waals surface area contributed by atoms with Crippen LogP contribution in [0, 0.1) is 5.92 Å². The molecule has 134 valence electrons. The zero-order valence-electron chi connectivity index (χ0n) is 14.2. The van der Waals surface area contributed by atoms with Gasteiger partial charge in [-0.3, -0.25) is 9.79 Å². The average Bonchev–Trinajstić information content (AvgIpc) is 2.56. The molecule has 0 unspecified atom stereocenters. The van der Waals surface area contributed by atoms with Gasteiger partial charge in [0, 0.05) is 26.7 Å². The molecular formula is C16H30IN3O3. The number of rotatable bonds is 3. The summed E-state index contributed by atoms with van der Waals surface area (Å²) in [5, 5.41) is 13.9. The number of nitrogens with one attached hydrogen (secondary N) is 1. The van der Waals surface area contributed by atoms with Gasteiger partial charge in [0.2, 0.25) is 0 Å². The van der Waals surface area contributed by atoms with Crippen LogP contribution in [0.4, 0.5) is 0 Å². The van der Waals surface area contributed by atoms with Crippen molar-refractivity contribution in [3.8, 4) is 0 Å². The zero-order valence-corrected chi connectivity index (χ0v) is 16.5. The van der Waals surface area contributed by atoms with Crippen LogP contribution >= 0.6 is 24.0 Å². The third-order valence-corrected chi connectivity index (χ3v) is 4.90. The molecule has 23 heavy (non-hydrogen) atoms. The van der Waals surface area contributed by atoms with Crippen molar-refractivity contribution in [3.05, 3.63) is 0 Å². The highest BCUT2D eigenvalue weighted by molar-refractivity contribution is 14.0. The molecule has 1 saturated carbocycles. The van der Waals surface area contributed by atoms with E-state index < -0.39 is 5.60 Å². The first-order valence-corrected chi connectivity index (χ1v) is 8.34. The van der Waals surface area contributed by atoms with E-state index in [0.717, 1.165) is 57.6 Å². The van der Waals surface area contributed by atoms with Crippen molar-refractivity contribution >= 4 is 35.9 Å². The van der Waals surface area contributed by atoms with Crippen molar-refractivity contribution in [1.29, 1.82) is 0 Å². The number of carbonyl (C=O) groups excluding carboxylic acids is 1. The van der Waals surface area contributed by atoms with E-state index in [0.29, 0.717) is 6.54 Å². The van der Waals surface area contributed by atoms with E-state index in [1.54, 1.807) is 7.05 Å². The van der Waals surface area contributed by atoms with E-state index in [-0.39, 0.29) is 35.9 Å². The van der Waals surface area contributed by atoms with Gasteiger partial charge in [-0.15, -0.1) is 24.0 Å². The summed E-state index contributed by atoms with van der Waals surface area (Å²) in [6, 6.07) is 0. The molecular weight excluding hydrogens is 409 g/mol. The topological polar surface area (TPSA) is 74.2 Å². The summed E-state index contributed by atoms with van der Waals surface area (Å²) in [5.41, 5.74) is -0.599. The molecule has 6 nitrogen and oxygen atoms in total. The molecule has 1 heterocycles. The van der Waals surface area contributed by atoms with Gasteiger partial charge in [-0.25, -0.2) is 0 Å². The molecule has 2 fully saturated rings. The number of likely N-dealkylation sites (tertiary alicyclic amines) is 1. The van der Waals surface area contributed by atoms with Crippen molar-refractivity contribution in [2.45, 2.75) is 50.5 Å². The maximum atomic E-state index is 11.6. The lowest BCUT2D eigenvalue weighted by atomic mass is 9.85. The summed E-state index contributed by atoms with van der Waals surface area (Å²) in [5.74, 6) is 0.711. The first-order chi connectivity index (χ1) is 10.6. The Hall–Kier alpha value is -0.570. The summed E-state index contributed by atoms with van der Waals surface area (Å²) < 4.78 is 4.82. The molecule has 2 rings (SSSR count). The fraction of sp³-hybridized carbons (Fsp3) is 0.875. The van der Waals surface area contributed by atoms with Gasteiger partial charge in [-0.2, -0.15) is 0 Å². The molecule has 2 aliphatic rings. The molecule has 0 radical (unpaired) electrons. The van der Waals surface area contributed by atoms with E-state index in [1.807, 2.05) is 0 Å². The van der Waals surface area contributed by atoms with Crippen LogP contribution in [0.5, 0.6) is 0 Å². The van der Waals surface area contributed by atoms with E-state index in [9.17, 15) is 9.90 Å². The monoisotopic (exact) mass is 439 g/mol. The highest BCUT2D eigenvalue weighted by Gasteiger charge is 2.31. The van der Waals surface area contributed by atoms with Gasteiger partial charge in [0.05, 0.1) is 18.6 Å². The summed E-state index contributed by atoms with van der Waals surface area (Å²) in [7, 11) is 3.21. The molecule has 1 saturated heterocycles. The number of methoxy groups -OCH3 is 1. The molecule has 0 amide bonds.